The Morgan fingerprint density at radius 2 is 1.86 bits per heavy atom. The number of methoxy groups -OCH3 is 1. The van der Waals surface area contributed by atoms with Gasteiger partial charge in [-0.05, 0) is 41.5 Å². The summed E-state index contributed by atoms with van der Waals surface area (Å²) in [6.45, 7) is -2.93. The monoisotopic (exact) mass is 400 g/mol. The van der Waals surface area contributed by atoms with Gasteiger partial charge in [-0.1, -0.05) is 42.5 Å². The van der Waals surface area contributed by atoms with Crippen molar-refractivity contribution in [3.63, 3.8) is 0 Å². The number of carbonyl (C=O) groups excluding carboxylic acids is 1. The van der Waals surface area contributed by atoms with Crippen LogP contribution in [-0.2, 0) is 6.42 Å². The molecule has 0 aliphatic carbocycles. The topological polar surface area (TPSA) is 35.5 Å². The SMILES string of the molecule is COc1cc(/C=C/C(=O)c2ccc(Cc3ccccc3)s2)ccc1OC(F)F. The molecule has 1 heterocycles. The summed E-state index contributed by atoms with van der Waals surface area (Å²) in [6.07, 6.45) is 3.86. The van der Waals surface area contributed by atoms with Crippen molar-refractivity contribution in [2.45, 2.75) is 13.0 Å². The molecular weight excluding hydrogens is 382 g/mol. The fraction of sp³-hybridized carbons (Fsp3) is 0.136. The number of hydrogen-bond donors (Lipinski definition) is 0. The maximum Gasteiger partial charge on any atom is 0.387 e. The Kier molecular flexibility index (Phi) is 6.55. The van der Waals surface area contributed by atoms with Crippen molar-refractivity contribution in [2.24, 2.45) is 0 Å². The molecule has 0 bridgehead atoms. The third kappa shape index (κ3) is 5.27. The number of rotatable bonds is 8. The lowest BCUT2D eigenvalue weighted by Crippen LogP contribution is -2.03. The maximum absolute atomic E-state index is 12.4. The smallest absolute Gasteiger partial charge is 0.387 e. The Morgan fingerprint density at radius 3 is 2.57 bits per heavy atom. The molecule has 3 nitrogen and oxygen atoms in total. The number of allylic oxidation sites excluding steroid dienone is 1. The first kappa shape index (κ1) is 19.8. The van der Waals surface area contributed by atoms with E-state index in [9.17, 15) is 13.6 Å². The minimum atomic E-state index is -2.93. The molecule has 1 aromatic heterocycles. The molecule has 3 rings (SSSR count). The minimum absolute atomic E-state index is 0.0511. The van der Waals surface area contributed by atoms with Crippen LogP contribution in [0, 0.1) is 0 Å². The summed E-state index contributed by atoms with van der Waals surface area (Å²) < 4.78 is 34.2. The lowest BCUT2D eigenvalue weighted by molar-refractivity contribution is -0.0512. The van der Waals surface area contributed by atoms with E-state index in [2.05, 4.69) is 16.9 Å². The van der Waals surface area contributed by atoms with Gasteiger partial charge in [0, 0.05) is 11.3 Å². The van der Waals surface area contributed by atoms with Crippen LogP contribution in [0.25, 0.3) is 6.08 Å². The Bertz CT molecular complexity index is 965. The normalized spacial score (nSPS) is 11.1. The molecule has 3 aromatic rings. The van der Waals surface area contributed by atoms with Crippen LogP contribution in [0.5, 0.6) is 11.5 Å². The Balaban J connectivity index is 1.68. The molecule has 2 aromatic carbocycles. The van der Waals surface area contributed by atoms with Gasteiger partial charge in [-0.3, -0.25) is 4.79 Å². The number of alkyl halides is 2. The van der Waals surface area contributed by atoms with Gasteiger partial charge in [0.1, 0.15) is 0 Å². The summed E-state index contributed by atoms with van der Waals surface area (Å²) in [5.41, 5.74) is 1.84. The summed E-state index contributed by atoms with van der Waals surface area (Å²) in [6, 6.07) is 18.3. The van der Waals surface area contributed by atoms with Gasteiger partial charge < -0.3 is 9.47 Å². The zero-order chi connectivity index (χ0) is 19.9. The molecule has 0 aliphatic heterocycles. The van der Waals surface area contributed by atoms with Crippen molar-refractivity contribution in [1.29, 1.82) is 0 Å². The average Bonchev–Trinajstić information content (AvgIpc) is 3.16. The van der Waals surface area contributed by atoms with Gasteiger partial charge in [0.05, 0.1) is 12.0 Å². The van der Waals surface area contributed by atoms with E-state index in [1.54, 1.807) is 12.1 Å². The highest BCUT2D eigenvalue weighted by molar-refractivity contribution is 7.14. The van der Waals surface area contributed by atoms with E-state index in [0.29, 0.717) is 10.4 Å². The van der Waals surface area contributed by atoms with Crippen LogP contribution < -0.4 is 9.47 Å². The molecule has 144 valence electrons. The predicted molar refractivity (Wildman–Crippen MR) is 107 cm³/mol. The third-order valence-electron chi connectivity index (χ3n) is 3.96. The highest BCUT2D eigenvalue weighted by atomic mass is 32.1. The average molecular weight is 400 g/mol. The quantitative estimate of drug-likeness (QED) is 0.352. The number of benzene rings is 2. The van der Waals surface area contributed by atoms with Crippen LogP contribution in [0.4, 0.5) is 8.78 Å². The number of hydrogen-bond acceptors (Lipinski definition) is 4. The minimum Gasteiger partial charge on any atom is -0.493 e. The lowest BCUT2D eigenvalue weighted by atomic mass is 10.1. The van der Waals surface area contributed by atoms with Gasteiger partial charge in [-0.15, -0.1) is 11.3 Å². The van der Waals surface area contributed by atoms with Crippen LogP contribution in [0.2, 0.25) is 0 Å². The van der Waals surface area contributed by atoms with Crippen molar-refractivity contribution >= 4 is 23.2 Å². The van der Waals surface area contributed by atoms with E-state index in [1.165, 1.54) is 42.2 Å². The number of carbonyl (C=O) groups is 1. The van der Waals surface area contributed by atoms with E-state index in [1.807, 2.05) is 30.3 Å². The van der Waals surface area contributed by atoms with E-state index >= 15 is 0 Å². The molecule has 0 atom stereocenters. The summed E-state index contributed by atoms with van der Waals surface area (Å²) in [7, 11) is 1.37. The van der Waals surface area contributed by atoms with E-state index in [4.69, 9.17) is 4.74 Å². The zero-order valence-electron chi connectivity index (χ0n) is 15.1. The molecule has 6 heteroatoms. The summed E-state index contributed by atoms with van der Waals surface area (Å²) in [4.78, 5) is 14.2. The van der Waals surface area contributed by atoms with Crippen molar-refractivity contribution in [3.8, 4) is 11.5 Å². The number of halogens is 2. The molecule has 0 aliphatic rings. The zero-order valence-corrected chi connectivity index (χ0v) is 15.9. The molecule has 0 N–H and O–H groups in total. The third-order valence-corrected chi connectivity index (χ3v) is 5.06. The first-order valence-corrected chi connectivity index (χ1v) is 9.34. The molecule has 0 amide bonds. The van der Waals surface area contributed by atoms with Crippen molar-refractivity contribution in [1.82, 2.24) is 0 Å². The molecule has 0 fully saturated rings. The van der Waals surface area contributed by atoms with Gasteiger partial charge in [0.25, 0.3) is 0 Å². The standard InChI is InChI=1S/C22H18F2O3S/c1-26-20-14-16(8-11-19(20)27-22(23)24)7-10-18(25)21-12-9-17(28-21)13-15-5-3-2-4-6-15/h2-12,14,22H,13H2,1H3/b10-7+. The summed E-state index contributed by atoms with van der Waals surface area (Å²) in [5, 5.41) is 0. The van der Waals surface area contributed by atoms with Crippen molar-refractivity contribution in [3.05, 3.63) is 87.6 Å². The molecule has 28 heavy (non-hydrogen) atoms. The van der Waals surface area contributed by atoms with Gasteiger partial charge in [0.15, 0.2) is 17.3 Å². The molecule has 0 saturated heterocycles. The van der Waals surface area contributed by atoms with E-state index in [-0.39, 0.29) is 17.3 Å². The van der Waals surface area contributed by atoms with Crippen LogP contribution in [0.3, 0.4) is 0 Å². The molecule has 0 unspecified atom stereocenters. The van der Waals surface area contributed by atoms with Crippen molar-refractivity contribution in [2.75, 3.05) is 7.11 Å². The second-order valence-electron chi connectivity index (χ2n) is 5.91. The first-order chi connectivity index (χ1) is 13.5. The highest BCUT2D eigenvalue weighted by Gasteiger charge is 2.11. The van der Waals surface area contributed by atoms with Crippen molar-refractivity contribution < 1.29 is 23.0 Å². The van der Waals surface area contributed by atoms with Gasteiger partial charge >= 0.3 is 6.61 Å². The largest absolute Gasteiger partial charge is 0.493 e. The van der Waals surface area contributed by atoms with Crippen LogP contribution in [0.1, 0.15) is 25.7 Å². The fourth-order valence-electron chi connectivity index (χ4n) is 2.64. The van der Waals surface area contributed by atoms with Crippen LogP contribution in [0.15, 0.2) is 66.7 Å². The maximum atomic E-state index is 12.4. The summed E-state index contributed by atoms with van der Waals surface area (Å²) in [5.74, 6) is 0.0112. The van der Waals surface area contributed by atoms with E-state index < -0.39 is 6.61 Å². The lowest BCUT2D eigenvalue weighted by Gasteiger charge is -2.10. The first-order valence-electron chi connectivity index (χ1n) is 8.53. The fourth-order valence-corrected chi connectivity index (χ4v) is 3.60. The molecule has 0 radical (unpaired) electrons. The Morgan fingerprint density at radius 1 is 1.07 bits per heavy atom. The number of ketones is 1. The molecular formula is C22H18F2O3S. The van der Waals surface area contributed by atoms with Crippen LogP contribution >= 0.6 is 11.3 Å². The van der Waals surface area contributed by atoms with Crippen LogP contribution in [-0.4, -0.2) is 19.5 Å². The second kappa shape index (κ2) is 9.28. The van der Waals surface area contributed by atoms with Gasteiger partial charge in [-0.2, -0.15) is 8.78 Å². The summed E-state index contributed by atoms with van der Waals surface area (Å²) >= 11 is 1.46. The highest BCUT2D eigenvalue weighted by Crippen LogP contribution is 2.30. The van der Waals surface area contributed by atoms with Gasteiger partial charge in [-0.25, -0.2) is 0 Å². The Labute approximate surface area is 165 Å². The number of ether oxygens (including phenoxy) is 2. The number of thiophene rings is 1. The molecule has 0 spiro atoms. The second-order valence-corrected chi connectivity index (χ2v) is 7.08. The van der Waals surface area contributed by atoms with Gasteiger partial charge in [0.2, 0.25) is 0 Å². The Hall–Kier alpha value is -2.99. The molecule has 0 saturated carbocycles. The predicted octanol–water partition coefficient (Wildman–Crippen LogP) is 5.85. The van der Waals surface area contributed by atoms with E-state index in [0.717, 1.165) is 11.3 Å².